The molecule has 98 valence electrons. The van der Waals surface area contributed by atoms with Crippen LogP contribution in [0.5, 0.6) is 0 Å². The minimum Gasteiger partial charge on any atom is -0.442 e. The minimum atomic E-state index is -0.535. The zero-order valence-electron chi connectivity index (χ0n) is 10.9. The molecule has 1 rings (SSSR count). The van der Waals surface area contributed by atoms with Crippen molar-refractivity contribution < 1.29 is 14.3 Å². The van der Waals surface area contributed by atoms with Crippen LogP contribution in [-0.2, 0) is 4.74 Å². The molecule has 2 amide bonds. The van der Waals surface area contributed by atoms with Crippen LogP contribution >= 0.6 is 11.8 Å². The quantitative estimate of drug-likeness (QED) is 0.727. The molecular formula is C11H20N2O3S. The van der Waals surface area contributed by atoms with Crippen LogP contribution in [0.3, 0.4) is 0 Å². The van der Waals surface area contributed by atoms with Gasteiger partial charge >= 0.3 is 6.09 Å². The maximum absolute atomic E-state index is 11.9. The van der Waals surface area contributed by atoms with E-state index in [4.69, 9.17) is 4.74 Å². The van der Waals surface area contributed by atoms with Crippen molar-refractivity contribution in [3.05, 3.63) is 0 Å². The standard InChI is InChI=1S/C11H20N2O3S/c1-5-17-10(15)13-8-6-7-12(13)9(14)16-11(2,3)4/h5-8H2,1-4H3. The van der Waals surface area contributed by atoms with E-state index in [9.17, 15) is 9.59 Å². The Labute approximate surface area is 106 Å². The largest absolute Gasteiger partial charge is 0.442 e. The zero-order chi connectivity index (χ0) is 13.1. The Hall–Kier alpha value is -0.910. The van der Waals surface area contributed by atoms with E-state index in [1.165, 1.54) is 21.8 Å². The summed E-state index contributed by atoms with van der Waals surface area (Å²) < 4.78 is 5.26. The fourth-order valence-electron chi connectivity index (χ4n) is 1.50. The van der Waals surface area contributed by atoms with E-state index in [2.05, 4.69) is 0 Å². The molecule has 0 unspecified atom stereocenters. The van der Waals surface area contributed by atoms with Gasteiger partial charge in [0.05, 0.1) is 0 Å². The Bertz CT molecular complexity index is 302. The molecule has 1 fully saturated rings. The molecule has 5 nitrogen and oxygen atoms in total. The monoisotopic (exact) mass is 260 g/mol. The first-order valence-electron chi connectivity index (χ1n) is 5.80. The van der Waals surface area contributed by atoms with Gasteiger partial charge in [0.25, 0.3) is 5.24 Å². The summed E-state index contributed by atoms with van der Waals surface area (Å²) in [6, 6.07) is 0. The maximum Gasteiger partial charge on any atom is 0.429 e. The van der Waals surface area contributed by atoms with Gasteiger partial charge in [-0.05, 0) is 32.9 Å². The fourth-order valence-corrected chi connectivity index (χ4v) is 2.09. The van der Waals surface area contributed by atoms with Crippen molar-refractivity contribution in [3.63, 3.8) is 0 Å². The Morgan fingerprint density at radius 3 is 2.35 bits per heavy atom. The van der Waals surface area contributed by atoms with Crippen LogP contribution in [0.2, 0.25) is 0 Å². The predicted molar refractivity (Wildman–Crippen MR) is 67.8 cm³/mol. The second-order valence-corrected chi connectivity index (χ2v) is 5.99. The molecule has 1 saturated heterocycles. The lowest BCUT2D eigenvalue weighted by atomic mass is 10.2. The minimum absolute atomic E-state index is 0.0872. The molecule has 0 saturated carbocycles. The van der Waals surface area contributed by atoms with Crippen molar-refractivity contribution in [2.24, 2.45) is 0 Å². The van der Waals surface area contributed by atoms with E-state index in [0.29, 0.717) is 18.8 Å². The van der Waals surface area contributed by atoms with Crippen molar-refractivity contribution in [2.45, 2.75) is 39.7 Å². The highest BCUT2D eigenvalue weighted by molar-refractivity contribution is 8.13. The second kappa shape index (κ2) is 5.62. The number of hydrazine groups is 1. The third-order valence-corrected chi connectivity index (χ3v) is 2.86. The summed E-state index contributed by atoms with van der Waals surface area (Å²) >= 11 is 1.21. The Morgan fingerprint density at radius 1 is 1.24 bits per heavy atom. The first kappa shape index (κ1) is 14.2. The summed E-state index contributed by atoms with van der Waals surface area (Å²) in [5, 5.41) is 2.79. The first-order valence-corrected chi connectivity index (χ1v) is 6.78. The number of rotatable bonds is 1. The van der Waals surface area contributed by atoms with Gasteiger partial charge in [-0.25, -0.2) is 14.8 Å². The lowest BCUT2D eigenvalue weighted by molar-refractivity contribution is -0.00759. The van der Waals surface area contributed by atoms with E-state index in [1.807, 2.05) is 27.7 Å². The Balaban J connectivity index is 2.63. The van der Waals surface area contributed by atoms with Crippen molar-refractivity contribution in [1.82, 2.24) is 10.0 Å². The van der Waals surface area contributed by atoms with Crippen LogP contribution in [0, 0.1) is 0 Å². The summed E-state index contributed by atoms with van der Waals surface area (Å²) in [5.41, 5.74) is -0.535. The molecule has 0 N–H and O–H groups in total. The summed E-state index contributed by atoms with van der Waals surface area (Å²) in [6.45, 7) is 8.49. The fraction of sp³-hybridized carbons (Fsp3) is 0.818. The van der Waals surface area contributed by atoms with E-state index in [-0.39, 0.29) is 5.24 Å². The number of hydrogen-bond donors (Lipinski definition) is 0. The van der Waals surface area contributed by atoms with E-state index < -0.39 is 11.7 Å². The van der Waals surface area contributed by atoms with E-state index in [1.54, 1.807) is 0 Å². The highest BCUT2D eigenvalue weighted by Gasteiger charge is 2.33. The van der Waals surface area contributed by atoms with Crippen LogP contribution in [0.25, 0.3) is 0 Å². The van der Waals surface area contributed by atoms with Gasteiger partial charge in [-0.3, -0.25) is 4.79 Å². The van der Waals surface area contributed by atoms with Gasteiger partial charge in [-0.2, -0.15) is 0 Å². The third-order valence-electron chi connectivity index (χ3n) is 2.11. The molecule has 0 aromatic carbocycles. The molecule has 6 heteroatoms. The Kier molecular flexibility index (Phi) is 4.68. The van der Waals surface area contributed by atoms with Crippen LogP contribution in [0.15, 0.2) is 0 Å². The molecule has 0 radical (unpaired) electrons. The van der Waals surface area contributed by atoms with E-state index in [0.717, 1.165) is 6.42 Å². The molecule has 0 aromatic rings. The lowest BCUT2D eigenvalue weighted by Gasteiger charge is -2.29. The van der Waals surface area contributed by atoms with E-state index >= 15 is 0 Å². The highest BCUT2D eigenvalue weighted by atomic mass is 32.2. The molecule has 17 heavy (non-hydrogen) atoms. The van der Waals surface area contributed by atoms with Crippen molar-refractivity contribution in [3.8, 4) is 0 Å². The van der Waals surface area contributed by atoms with Crippen molar-refractivity contribution >= 4 is 23.1 Å². The van der Waals surface area contributed by atoms with Gasteiger partial charge in [-0.15, -0.1) is 0 Å². The number of hydrogen-bond acceptors (Lipinski definition) is 4. The number of amides is 2. The van der Waals surface area contributed by atoms with Crippen LogP contribution in [-0.4, -0.2) is 45.8 Å². The van der Waals surface area contributed by atoms with Gasteiger partial charge in [0, 0.05) is 13.1 Å². The third kappa shape index (κ3) is 4.11. The molecule has 1 aliphatic heterocycles. The SMILES string of the molecule is CCSC(=O)N1CCCN1C(=O)OC(C)(C)C. The summed E-state index contributed by atoms with van der Waals surface area (Å²) in [5.74, 6) is 0.706. The topological polar surface area (TPSA) is 49.9 Å². The number of carbonyl (C=O) groups excluding carboxylic acids is 2. The summed E-state index contributed by atoms with van der Waals surface area (Å²) in [7, 11) is 0. The first-order chi connectivity index (χ1) is 7.85. The molecule has 0 aliphatic carbocycles. The van der Waals surface area contributed by atoms with Crippen molar-refractivity contribution in [2.75, 3.05) is 18.8 Å². The zero-order valence-corrected chi connectivity index (χ0v) is 11.7. The highest BCUT2D eigenvalue weighted by Crippen LogP contribution is 2.20. The molecule has 1 heterocycles. The summed E-state index contributed by atoms with van der Waals surface area (Å²) in [4.78, 5) is 23.6. The van der Waals surface area contributed by atoms with Gasteiger partial charge in [-0.1, -0.05) is 18.7 Å². The number of nitrogens with zero attached hydrogens (tertiary/aromatic N) is 2. The van der Waals surface area contributed by atoms with Gasteiger partial charge in [0.15, 0.2) is 0 Å². The molecule has 1 aliphatic rings. The lowest BCUT2D eigenvalue weighted by Crippen LogP contribution is -2.45. The smallest absolute Gasteiger partial charge is 0.429 e. The van der Waals surface area contributed by atoms with Gasteiger partial charge in [0.2, 0.25) is 0 Å². The second-order valence-electron chi connectivity index (χ2n) is 4.78. The number of carbonyl (C=O) groups is 2. The number of ether oxygens (including phenoxy) is 1. The van der Waals surface area contributed by atoms with Crippen molar-refractivity contribution in [1.29, 1.82) is 0 Å². The number of thioether (sulfide) groups is 1. The van der Waals surface area contributed by atoms with Crippen LogP contribution in [0.1, 0.15) is 34.1 Å². The molecule has 0 bridgehead atoms. The molecular weight excluding hydrogens is 240 g/mol. The summed E-state index contributed by atoms with van der Waals surface area (Å²) in [6.07, 6.45) is 0.356. The van der Waals surface area contributed by atoms with Gasteiger partial charge in [0.1, 0.15) is 5.60 Å². The molecule has 0 spiro atoms. The average Bonchev–Trinajstić information content (AvgIpc) is 2.63. The van der Waals surface area contributed by atoms with Crippen LogP contribution < -0.4 is 0 Å². The predicted octanol–water partition coefficient (Wildman–Crippen LogP) is 2.72. The average molecular weight is 260 g/mol. The molecule has 0 atom stereocenters. The van der Waals surface area contributed by atoms with Crippen LogP contribution in [0.4, 0.5) is 9.59 Å². The maximum atomic E-state index is 11.9. The normalized spacial score (nSPS) is 16.2. The van der Waals surface area contributed by atoms with Gasteiger partial charge < -0.3 is 4.74 Å². The Morgan fingerprint density at radius 2 is 1.82 bits per heavy atom. The molecule has 0 aromatic heterocycles.